The minimum Gasteiger partial charge on any atom is -0.497 e. The Kier molecular flexibility index (Phi) is 8.15. The fourth-order valence-corrected chi connectivity index (χ4v) is 6.32. The van der Waals surface area contributed by atoms with Crippen LogP contribution in [0.4, 0.5) is 0 Å². The zero-order valence-electron chi connectivity index (χ0n) is 20.7. The number of benzene rings is 2. The number of ether oxygens (including phenoxy) is 2. The molecule has 10 heteroatoms. The molecule has 1 N–H and O–H groups in total. The molecule has 0 aromatic heterocycles. The highest BCUT2D eigenvalue weighted by Gasteiger charge is 2.38. The Labute approximate surface area is 212 Å². The van der Waals surface area contributed by atoms with Crippen LogP contribution < -0.4 is 14.8 Å². The topological polar surface area (TPSA) is 105 Å². The number of likely N-dealkylation sites (tertiary alicyclic amines) is 1. The molecule has 0 spiro atoms. The van der Waals surface area contributed by atoms with Gasteiger partial charge in [0.05, 0.1) is 19.1 Å². The smallest absolute Gasteiger partial charge is 0.252 e. The highest BCUT2D eigenvalue weighted by molar-refractivity contribution is 7.89. The molecule has 1 atom stereocenters. The number of methoxy groups -OCH3 is 2. The Bertz CT molecular complexity index is 1170. The summed E-state index contributed by atoms with van der Waals surface area (Å²) in [6, 6.07) is 12.4. The summed E-state index contributed by atoms with van der Waals surface area (Å²) >= 11 is 0. The largest absolute Gasteiger partial charge is 0.497 e. The second-order valence-electron chi connectivity index (χ2n) is 9.13. The van der Waals surface area contributed by atoms with Crippen molar-refractivity contribution in [3.05, 3.63) is 54.1 Å². The first kappa shape index (κ1) is 26.0. The van der Waals surface area contributed by atoms with Crippen LogP contribution in [-0.2, 0) is 14.8 Å². The van der Waals surface area contributed by atoms with E-state index in [0.29, 0.717) is 43.0 Å². The lowest BCUT2D eigenvalue weighted by molar-refractivity contribution is -0.133. The fourth-order valence-electron chi connectivity index (χ4n) is 4.85. The predicted molar refractivity (Wildman–Crippen MR) is 135 cm³/mol. The van der Waals surface area contributed by atoms with E-state index in [9.17, 15) is 18.0 Å². The van der Waals surface area contributed by atoms with Gasteiger partial charge in [-0.05, 0) is 74.1 Å². The molecule has 0 radical (unpaired) electrons. The molecule has 36 heavy (non-hydrogen) atoms. The first-order valence-corrected chi connectivity index (χ1v) is 13.7. The van der Waals surface area contributed by atoms with Gasteiger partial charge in [0.15, 0.2) is 0 Å². The van der Waals surface area contributed by atoms with E-state index in [2.05, 4.69) is 5.32 Å². The molecule has 2 aliphatic heterocycles. The van der Waals surface area contributed by atoms with Gasteiger partial charge >= 0.3 is 0 Å². The summed E-state index contributed by atoms with van der Waals surface area (Å²) in [5.41, 5.74) is 0.410. The minimum absolute atomic E-state index is 0.0970. The molecule has 0 aliphatic carbocycles. The second-order valence-corrected chi connectivity index (χ2v) is 11.1. The van der Waals surface area contributed by atoms with E-state index in [1.807, 2.05) is 0 Å². The molecule has 2 saturated heterocycles. The highest BCUT2D eigenvalue weighted by atomic mass is 32.2. The van der Waals surface area contributed by atoms with Gasteiger partial charge < -0.3 is 19.7 Å². The van der Waals surface area contributed by atoms with Crippen molar-refractivity contribution in [1.82, 2.24) is 14.5 Å². The molecular weight excluding hydrogens is 482 g/mol. The molecule has 2 aliphatic rings. The van der Waals surface area contributed by atoms with Gasteiger partial charge in [-0.3, -0.25) is 9.59 Å². The number of piperidine rings is 1. The molecular formula is C26H33N3O6S. The van der Waals surface area contributed by atoms with Gasteiger partial charge in [-0.2, -0.15) is 4.31 Å². The third kappa shape index (κ3) is 5.65. The monoisotopic (exact) mass is 515 g/mol. The van der Waals surface area contributed by atoms with Gasteiger partial charge in [-0.15, -0.1) is 0 Å². The van der Waals surface area contributed by atoms with Gasteiger partial charge in [-0.25, -0.2) is 8.42 Å². The van der Waals surface area contributed by atoms with Crippen molar-refractivity contribution in [2.45, 2.75) is 36.6 Å². The van der Waals surface area contributed by atoms with Crippen LogP contribution in [0.2, 0.25) is 0 Å². The van der Waals surface area contributed by atoms with Crippen molar-refractivity contribution in [2.24, 2.45) is 5.92 Å². The molecule has 9 nitrogen and oxygen atoms in total. The zero-order chi connectivity index (χ0) is 25.7. The molecule has 2 aromatic rings. The van der Waals surface area contributed by atoms with E-state index in [0.717, 1.165) is 12.8 Å². The Morgan fingerprint density at radius 1 is 0.917 bits per heavy atom. The lowest BCUT2D eigenvalue weighted by Gasteiger charge is -2.36. The average Bonchev–Trinajstić information content (AvgIpc) is 3.46. The van der Waals surface area contributed by atoms with E-state index in [1.54, 1.807) is 41.3 Å². The van der Waals surface area contributed by atoms with Crippen molar-refractivity contribution >= 4 is 21.8 Å². The van der Waals surface area contributed by atoms with Crippen LogP contribution in [0.1, 0.15) is 36.0 Å². The van der Waals surface area contributed by atoms with Crippen molar-refractivity contribution in [3.8, 4) is 11.5 Å². The Hall–Kier alpha value is -3.11. The standard InChI is InChI=1S/C26H33N3O6S/c1-34-21-8-10-23(11-9-21)36(32,33)29-16-12-19(13-17-29)24(26(31)28-14-3-4-15-28)27-25(30)20-6-5-7-22(18-20)35-2/h5-11,18-19,24H,3-4,12-17H2,1-2H3,(H,27,30). The van der Waals surface area contributed by atoms with Crippen molar-refractivity contribution in [3.63, 3.8) is 0 Å². The Morgan fingerprint density at radius 3 is 2.17 bits per heavy atom. The van der Waals surface area contributed by atoms with Crippen molar-refractivity contribution < 1.29 is 27.5 Å². The van der Waals surface area contributed by atoms with E-state index < -0.39 is 16.1 Å². The summed E-state index contributed by atoms with van der Waals surface area (Å²) in [5, 5.41) is 2.96. The first-order chi connectivity index (χ1) is 17.3. The maximum atomic E-state index is 13.4. The Morgan fingerprint density at radius 2 is 1.56 bits per heavy atom. The molecule has 194 valence electrons. The summed E-state index contributed by atoms with van der Waals surface area (Å²) in [5.74, 6) is 0.528. The number of rotatable bonds is 8. The van der Waals surface area contributed by atoms with E-state index >= 15 is 0 Å². The highest BCUT2D eigenvalue weighted by Crippen LogP contribution is 2.28. The fraction of sp³-hybridized carbons (Fsp3) is 0.462. The number of carbonyl (C=O) groups excluding carboxylic acids is 2. The van der Waals surface area contributed by atoms with Crippen molar-refractivity contribution in [1.29, 1.82) is 0 Å². The average molecular weight is 516 g/mol. The van der Waals surface area contributed by atoms with Crippen LogP contribution in [0.15, 0.2) is 53.4 Å². The van der Waals surface area contributed by atoms with Crippen LogP contribution in [-0.4, -0.2) is 75.9 Å². The first-order valence-electron chi connectivity index (χ1n) is 12.2. The van der Waals surface area contributed by atoms with Crippen LogP contribution in [0.25, 0.3) is 0 Å². The summed E-state index contributed by atoms with van der Waals surface area (Å²) in [6.45, 7) is 1.90. The molecule has 0 saturated carbocycles. The summed E-state index contributed by atoms with van der Waals surface area (Å²) in [4.78, 5) is 28.5. The number of sulfonamides is 1. The third-order valence-corrected chi connectivity index (χ3v) is 8.88. The third-order valence-electron chi connectivity index (χ3n) is 6.97. The van der Waals surface area contributed by atoms with Crippen LogP contribution in [0.3, 0.4) is 0 Å². The second kappa shape index (κ2) is 11.3. The predicted octanol–water partition coefficient (Wildman–Crippen LogP) is 2.53. The number of hydrogen-bond donors (Lipinski definition) is 1. The van der Waals surface area contributed by atoms with Crippen molar-refractivity contribution in [2.75, 3.05) is 40.4 Å². The molecule has 2 heterocycles. The van der Waals surface area contributed by atoms with E-state index in [-0.39, 0.29) is 35.7 Å². The maximum Gasteiger partial charge on any atom is 0.252 e. The minimum atomic E-state index is -3.66. The maximum absolute atomic E-state index is 13.4. The molecule has 2 fully saturated rings. The Balaban J connectivity index is 1.48. The number of amides is 2. The van der Waals surface area contributed by atoms with Gasteiger partial charge in [0.25, 0.3) is 5.91 Å². The SMILES string of the molecule is COc1ccc(S(=O)(=O)N2CCC(C(NC(=O)c3cccc(OC)c3)C(=O)N3CCCC3)CC2)cc1. The van der Waals surface area contributed by atoms with Crippen LogP contribution in [0, 0.1) is 5.92 Å². The molecule has 2 amide bonds. The summed E-state index contributed by atoms with van der Waals surface area (Å²) in [6.07, 6.45) is 2.83. The number of nitrogens with one attached hydrogen (secondary N) is 1. The van der Waals surface area contributed by atoms with Gasteiger partial charge in [0, 0.05) is 31.7 Å². The summed E-state index contributed by atoms with van der Waals surface area (Å²) < 4.78 is 38.1. The number of carbonyl (C=O) groups is 2. The molecule has 1 unspecified atom stereocenters. The molecule has 0 bridgehead atoms. The lowest BCUT2D eigenvalue weighted by atomic mass is 9.89. The number of nitrogens with zero attached hydrogens (tertiary/aromatic N) is 2. The lowest BCUT2D eigenvalue weighted by Crippen LogP contribution is -2.54. The van der Waals surface area contributed by atoms with Gasteiger partial charge in [-0.1, -0.05) is 6.07 Å². The quantitative estimate of drug-likeness (QED) is 0.579. The normalized spacial score (nSPS) is 18.0. The van der Waals surface area contributed by atoms with Crippen LogP contribution >= 0.6 is 0 Å². The van der Waals surface area contributed by atoms with E-state index in [4.69, 9.17) is 9.47 Å². The van der Waals surface area contributed by atoms with Gasteiger partial charge in [0.2, 0.25) is 15.9 Å². The van der Waals surface area contributed by atoms with Gasteiger partial charge in [0.1, 0.15) is 17.5 Å². The number of hydrogen-bond acceptors (Lipinski definition) is 6. The molecule has 2 aromatic carbocycles. The summed E-state index contributed by atoms with van der Waals surface area (Å²) in [7, 11) is -0.603. The zero-order valence-corrected chi connectivity index (χ0v) is 21.5. The molecule has 4 rings (SSSR count). The van der Waals surface area contributed by atoms with E-state index in [1.165, 1.54) is 30.7 Å². The van der Waals surface area contributed by atoms with Crippen LogP contribution in [0.5, 0.6) is 11.5 Å².